The van der Waals surface area contributed by atoms with Crippen LogP contribution in [0.2, 0.25) is 0 Å². The molecule has 0 radical (unpaired) electrons. The fourth-order valence-electron chi connectivity index (χ4n) is 3.91. The highest BCUT2D eigenvalue weighted by Crippen LogP contribution is 2.30. The number of amides is 2. The maximum absolute atomic E-state index is 13.1. The van der Waals surface area contributed by atoms with E-state index in [0.717, 1.165) is 22.4 Å². The van der Waals surface area contributed by atoms with Crippen molar-refractivity contribution in [2.45, 2.75) is 31.8 Å². The molecule has 1 N–H and O–H groups in total. The van der Waals surface area contributed by atoms with Gasteiger partial charge in [0.25, 0.3) is 5.91 Å². The van der Waals surface area contributed by atoms with Crippen LogP contribution in [-0.2, 0) is 29.0 Å². The highest BCUT2D eigenvalue weighted by atomic mass is 16.4. The molecule has 2 amide bonds. The molecule has 0 saturated carbocycles. The number of carboxylic acids is 1. The molecule has 4 rings (SSSR count). The van der Waals surface area contributed by atoms with Crippen LogP contribution in [0.1, 0.15) is 33.5 Å². The van der Waals surface area contributed by atoms with E-state index in [4.69, 9.17) is 0 Å². The van der Waals surface area contributed by atoms with Gasteiger partial charge in [0.15, 0.2) is 0 Å². The molecule has 2 aromatic carbocycles. The summed E-state index contributed by atoms with van der Waals surface area (Å²) >= 11 is 0. The van der Waals surface area contributed by atoms with Gasteiger partial charge >= 0.3 is 5.97 Å². The van der Waals surface area contributed by atoms with E-state index in [-0.39, 0.29) is 18.4 Å². The zero-order chi connectivity index (χ0) is 19.1. The van der Waals surface area contributed by atoms with E-state index in [1.54, 1.807) is 30.1 Å². The van der Waals surface area contributed by atoms with Crippen LogP contribution >= 0.6 is 0 Å². The summed E-state index contributed by atoms with van der Waals surface area (Å²) in [5.74, 6) is -1.24. The van der Waals surface area contributed by atoms with Crippen LogP contribution in [0.15, 0.2) is 42.5 Å². The highest BCUT2D eigenvalue weighted by Gasteiger charge is 2.35. The molecule has 1 unspecified atom stereocenters. The number of carbonyl (C=O) groups excluding carboxylic acids is 2. The Morgan fingerprint density at radius 2 is 1.78 bits per heavy atom. The van der Waals surface area contributed by atoms with Gasteiger partial charge in [0.2, 0.25) is 5.91 Å². The quantitative estimate of drug-likeness (QED) is 0.887. The zero-order valence-electron chi connectivity index (χ0n) is 15.0. The summed E-state index contributed by atoms with van der Waals surface area (Å²) in [6.45, 7) is 0.279. The molecule has 0 saturated heterocycles. The van der Waals surface area contributed by atoms with Gasteiger partial charge in [0.05, 0.1) is 0 Å². The van der Waals surface area contributed by atoms with Gasteiger partial charge in [-0.1, -0.05) is 24.3 Å². The van der Waals surface area contributed by atoms with Crippen LogP contribution in [0.4, 0.5) is 5.69 Å². The number of rotatable bonds is 2. The Morgan fingerprint density at radius 3 is 2.52 bits per heavy atom. The monoisotopic (exact) mass is 364 g/mol. The van der Waals surface area contributed by atoms with E-state index in [1.165, 1.54) is 4.90 Å². The molecule has 138 valence electrons. The summed E-state index contributed by atoms with van der Waals surface area (Å²) in [7, 11) is 1.73. The van der Waals surface area contributed by atoms with Crippen LogP contribution in [0.25, 0.3) is 0 Å². The number of nitrogens with zero attached hydrogens (tertiary/aromatic N) is 2. The van der Waals surface area contributed by atoms with Crippen LogP contribution in [0, 0.1) is 0 Å². The predicted octanol–water partition coefficient (Wildman–Crippen LogP) is 2.25. The first kappa shape index (κ1) is 17.3. The predicted molar refractivity (Wildman–Crippen MR) is 99.6 cm³/mol. The van der Waals surface area contributed by atoms with Crippen molar-refractivity contribution >= 4 is 23.5 Å². The fraction of sp³-hybridized carbons (Fsp3) is 0.286. The Balaban J connectivity index is 1.67. The smallest absolute Gasteiger partial charge is 0.326 e. The lowest BCUT2D eigenvalue weighted by atomic mass is 9.92. The van der Waals surface area contributed by atoms with E-state index in [9.17, 15) is 19.5 Å². The Kier molecular flexibility index (Phi) is 4.18. The van der Waals surface area contributed by atoms with Crippen LogP contribution in [0.3, 0.4) is 0 Å². The Morgan fingerprint density at radius 1 is 1.04 bits per heavy atom. The number of hydrogen-bond acceptors (Lipinski definition) is 3. The third-order valence-electron chi connectivity index (χ3n) is 5.46. The standard InChI is InChI=1S/C21H20N2O4/c1-22-17-8-6-15(10-14(17)7-9-19(22)24)20(25)23-12-16-5-3-2-4-13(16)11-18(23)21(26)27/h2-6,8,10,18H,7,9,11-12H2,1H3,(H,26,27). The summed E-state index contributed by atoms with van der Waals surface area (Å²) in [5, 5.41) is 9.65. The molecule has 2 aliphatic rings. The molecule has 2 aliphatic heterocycles. The lowest BCUT2D eigenvalue weighted by molar-refractivity contribution is -0.142. The third-order valence-corrected chi connectivity index (χ3v) is 5.46. The van der Waals surface area contributed by atoms with Crippen LogP contribution in [0.5, 0.6) is 0 Å². The average Bonchev–Trinajstić information content (AvgIpc) is 2.69. The van der Waals surface area contributed by atoms with Gasteiger partial charge in [-0.05, 0) is 41.3 Å². The van der Waals surface area contributed by atoms with Crippen LogP contribution < -0.4 is 4.90 Å². The fourth-order valence-corrected chi connectivity index (χ4v) is 3.91. The highest BCUT2D eigenvalue weighted by molar-refractivity contribution is 6.00. The number of hydrogen-bond donors (Lipinski definition) is 1. The maximum Gasteiger partial charge on any atom is 0.326 e. The topological polar surface area (TPSA) is 77.9 Å². The molecule has 27 heavy (non-hydrogen) atoms. The zero-order valence-corrected chi connectivity index (χ0v) is 15.0. The minimum atomic E-state index is -0.999. The minimum Gasteiger partial charge on any atom is -0.480 e. The van der Waals surface area contributed by atoms with E-state index in [1.807, 2.05) is 24.3 Å². The number of anilines is 1. The van der Waals surface area contributed by atoms with Gasteiger partial charge in [-0.15, -0.1) is 0 Å². The SMILES string of the molecule is CN1C(=O)CCc2cc(C(=O)N3Cc4ccccc4CC3C(=O)O)ccc21. The van der Waals surface area contributed by atoms with E-state index < -0.39 is 12.0 Å². The maximum atomic E-state index is 13.1. The number of fused-ring (bicyclic) bond motifs is 2. The van der Waals surface area contributed by atoms with Crippen molar-refractivity contribution in [2.75, 3.05) is 11.9 Å². The molecule has 0 bridgehead atoms. The summed E-state index contributed by atoms with van der Waals surface area (Å²) in [5.41, 5.74) is 4.15. The van der Waals surface area contributed by atoms with Gasteiger partial charge in [0, 0.05) is 37.7 Å². The molecule has 2 heterocycles. The average molecular weight is 364 g/mol. The van der Waals surface area contributed by atoms with Crippen molar-refractivity contribution in [1.82, 2.24) is 4.90 Å². The number of carbonyl (C=O) groups is 3. The largest absolute Gasteiger partial charge is 0.480 e. The second kappa shape index (κ2) is 6.54. The molecule has 1 atom stereocenters. The molecule has 6 nitrogen and oxygen atoms in total. The first-order valence-corrected chi connectivity index (χ1v) is 8.95. The van der Waals surface area contributed by atoms with Crippen molar-refractivity contribution < 1.29 is 19.5 Å². The second-order valence-electron chi connectivity index (χ2n) is 7.06. The first-order valence-electron chi connectivity index (χ1n) is 8.95. The lowest BCUT2D eigenvalue weighted by Gasteiger charge is -2.35. The van der Waals surface area contributed by atoms with Crippen molar-refractivity contribution in [1.29, 1.82) is 0 Å². The van der Waals surface area contributed by atoms with E-state index in [2.05, 4.69) is 0 Å². The molecule has 0 fully saturated rings. The van der Waals surface area contributed by atoms with Gasteiger partial charge < -0.3 is 14.9 Å². The van der Waals surface area contributed by atoms with E-state index in [0.29, 0.717) is 24.8 Å². The molecule has 0 aliphatic carbocycles. The Bertz CT molecular complexity index is 953. The Hall–Kier alpha value is -3.15. The lowest BCUT2D eigenvalue weighted by Crippen LogP contribution is -2.48. The molecule has 2 aromatic rings. The second-order valence-corrected chi connectivity index (χ2v) is 7.06. The minimum absolute atomic E-state index is 0.0557. The first-order chi connectivity index (χ1) is 13.0. The summed E-state index contributed by atoms with van der Waals surface area (Å²) < 4.78 is 0. The molecule has 0 aromatic heterocycles. The number of aryl methyl sites for hydroxylation is 1. The van der Waals surface area contributed by atoms with E-state index >= 15 is 0 Å². The normalized spacial score (nSPS) is 18.7. The molecule has 6 heteroatoms. The number of carboxylic acid groups (broad SMARTS) is 1. The van der Waals surface area contributed by atoms with Gasteiger partial charge in [-0.25, -0.2) is 4.79 Å². The van der Waals surface area contributed by atoms with Crippen molar-refractivity contribution in [2.24, 2.45) is 0 Å². The summed E-state index contributed by atoms with van der Waals surface area (Å²) in [6.07, 6.45) is 1.31. The Labute approximate surface area is 157 Å². The van der Waals surface area contributed by atoms with Crippen molar-refractivity contribution in [3.63, 3.8) is 0 Å². The van der Waals surface area contributed by atoms with Gasteiger partial charge in [-0.3, -0.25) is 9.59 Å². The van der Waals surface area contributed by atoms with Crippen LogP contribution in [-0.4, -0.2) is 40.9 Å². The number of benzene rings is 2. The summed E-state index contributed by atoms with van der Waals surface area (Å²) in [4.78, 5) is 39.8. The molecular weight excluding hydrogens is 344 g/mol. The van der Waals surface area contributed by atoms with Crippen molar-refractivity contribution in [3.05, 3.63) is 64.7 Å². The summed E-state index contributed by atoms with van der Waals surface area (Å²) in [6, 6.07) is 12.0. The molecule has 0 spiro atoms. The van der Waals surface area contributed by atoms with Crippen molar-refractivity contribution in [3.8, 4) is 0 Å². The van der Waals surface area contributed by atoms with Gasteiger partial charge in [0.1, 0.15) is 6.04 Å². The third kappa shape index (κ3) is 2.97. The molecular formula is C21H20N2O4. The number of aliphatic carboxylic acids is 1. The van der Waals surface area contributed by atoms with Gasteiger partial charge in [-0.2, -0.15) is 0 Å².